The lowest BCUT2D eigenvalue weighted by atomic mass is 9.78. The molecule has 3 aliphatic rings. The first kappa shape index (κ1) is 19.0. The fourth-order valence-corrected chi connectivity index (χ4v) is 6.08. The van der Waals surface area contributed by atoms with Gasteiger partial charge in [0.05, 0.1) is 0 Å². The smallest absolute Gasteiger partial charge is 0.451 e. The molecular weight excluding hydrogens is 351 g/mol. The fourth-order valence-electron chi connectivity index (χ4n) is 4.10. The van der Waals surface area contributed by atoms with Crippen LogP contribution in [0.5, 0.6) is 0 Å². The molecule has 3 heterocycles. The number of aliphatic carboxylic acids is 1. The molecule has 3 fully saturated rings. The van der Waals surface area contributed by atoms with Gasteiger partial charge < -0.3 is 26.2 Å². The van der Waals surface area contributed by atoms with E-state index in [4.69, 9.17) is 15.8 Å². The molecule has 12 heteroatoms. The van der Waals surface area contributed by atoms with Crippen molar-refractivity contribution in [2.24, 2.45) is 11.7 Å². The summed E-state index contributed by atoms with van der Waals surface area (Å²) in [5, 5.41) is 30.6. The predicted molar refractivity (Wildman–Crippen MR) is 89.7 cm³/mol. The van der Waals surface area contributed by atoms with E-state index in [0.717, 1.165) is 13.0 Å². The number of carboxylic acids is 1. The maximum atomic E-state index is 12.9. The average Bonchev–Trinajstić information content (AvgIpc) is 3.01. The second kappa shape index (κ2) is 6.76. The van der Waals surface area contributed by atoms with E-state index < -0.39 is 34.8 Å². The Morgan fingerprint density at radius 2 is 2.08 bits per heavy atom. The minimum Gasteiger partial charge on any atom is -0.480 e. The maximum Gasteiger partial charge on any atom is 0.451 e. The number of rotatable bonds is 7. The van der Waals surface area contributed by atoms with Crippen molar-refractivity contribution in [2.45, 2.75) is 43.2 Å². The first-order chi connectivity index (χ1) is 11.7. The van der Waals surface area contributed by atoms with Crippen molar-refractivity contribution in [3.63, 3.8) is 0 Å². The number of nitrogens with zero attached hydrogens (tertiary/aromatic N) is 2. The molecule has 0 aromatic rings. The molecule has 0 amide bonds. The van der Waals surface area contributed by atoms with Gasteiger partial charge in [-0.25, -0.2) is 0 Å². The van der Waals surface area contributed by atoms with Gasteiger partial charge in [-0.1, -0.05) is 6.42 Å². The Bertz CT molecular complexity index is 634. The quantitative estimate of drug-likeness (QED) is 0.299. The summed E-state index contributed by atoms with van der Waals surface area (Å²) in [5.74, 6) is -1.80. The zero-order valence-electron chi connectivity index (χ0n) is 13.9. The lowest BCUT2D eigenvalue weighted by Gasteiger charge is -2.44. The Hall–Kier alpha value is -0.755. The minimum atomic E-state index is -3.75. The van der Waals surface area contributed by atoms with Crippen LogP contribution in [-0.2, 0) is 15.0 Å². The van der Waals surface area contributed by atoms with Crippen LogP contribution in [0, 0.1) is 5.92 Å². The normalized spacial score (nSPS) is 36.2. The molecule has 0 aromatic heterocycles. The number of carboxylic acid groups (broad SMARTS) is 1. The largest absolute Gasteiger partial charge is 0.480 e. The molecule has 25 heavy (non-hydrogen) atoms. The van der Waals surface area contributed by atoms with Crippen molar-refractivity contribution in [1.82, 2.24) is 13.9 Å². The molecule has 0 aliphatic carbocycles. The average molecular weight is 376 g/mol. The number of hydrogen-bond acceptors (Lipinski definition) is 7. The third-order valence-electron chi connectivity index (χ3n) is 5.68. The van der Waals surface area contributed by atoms with Gasteiger partial charge in [-0.2, -0.15) is 17.0 Å². The van der Waals surface area contributed by atoms with E-state index in [2.05, 4.69) is 5.32 Å². The third-order valence-corrected chi connectivity index (χ3v) is 7.63. The van der Waals surface area contributed by atoms with Crippen molar-refractivity contribution in [2.75, 3.05) is 26.2 Å². The predicted octanol–water partition coefficient (Wildman–Crippen LogP) is -2.76. The summed E-state index contributed by atoms with van der Waals surface area (Å²) in [6.45, 7) is 0.950. The highest BCUT2D eigenvalue weighted by atomic mass is 32.2. The van der Waals surface area contributed by atoms with Crippen LogP contribution in [0.25, 0.3) is 0 Å². The lowest BCUT2D eigenvalue weighted by Crippen LogP contribution is -2.65. The van der Waals surface area contributed by atoms with Gasteiger partial charge in [0.2, 0.25) is 0 Å². The fraction of sp³-hybridized carbons (Fsp3) is 0.923. The summed E-state index contributed by atoms with van der Waals surface area (Å²) in [7, 11) is -5.22. The Labute approximate surface area is 147 Å². The van der Waals surface area contributed by atoms with Crippen LogP contribution >= 0.6 is 0 Å². The van der Waals surface area contributed by atoms with Crippen molar-refractivity contribution >= 4 is 23.3 Å². The molecule has 3 rings (SSSR count). The van der Waals surface area contributed by atoms with E-state index in [0.29, 0.717) is 19.4 Å². The Kier molecular flexibility index (Phi) is 5.14. The molecule has 0 spiro atoms. The summed E-state index contributed by atoms with van der Waals surface area (Å²) in [4.78, 5) is 11.7. The summed E-state index contributed by atoms with van der Waals surface area (Å²) >= 11 is 0. The van der Waals surface area contributed by atoms with Gasteiger partial charge in [-0.15, -0.1) is 0 Å². The van der Waals surface area contributed by atoms with E-state index in [-0.39, 0.29) is 31.5 Å². The first-order valence-corrected chi connectivity index (χ1v) is 9.94. The van der Waals surface area contributed by atoms with Gasteiger partial charge in [0, 0.05) is 37.6 Å². The first-order valence-electron chi connectivity index (χ1n) is 8.55. The van der Waals surface area contributed by atoms with E-state index in [1.165, 1.54) is 8.61 Å². The summed E-state index contributed by atoms with van der Waals surface area (Å²) in [5.41, 5.74) is 4.39. The standard InChI is InChI=1S/C13H25BN4O6S/c15-13(12(19)20)8-17(6-9(13)2-1-4-14(21)22)25(23,24)18-7-10-11(18)3-5-16-10/h9-11,16,21-22H,1-8,15H2,(H,19,20)/t9-,10?,11?,13-/m0/s1. The molecule has 0 bridgehead atoms. The van der Waals surface area contributed by atoms with Gasteiger partial charge >= 0.3 is 13.1 Å². The highest BCUT2D eigenvalue weighted by Crippen LogP contribution is 2.36. The van der Waals surface area contributed by atoms with E-state index in [1.807, 2.05) is 0 Å². The van der Waals surface area contributed by atoms with Gasteiger partial charge in [-0.3, -0.25) is 4.79 Å². The second-order valence-electron chi connectivity index (χ2n) is 7.24. The van der Waals surface area contributed by atoms with Gasteiger partial charge in [-0.05, 0) is 25.7 Å². The number of nitrogens with one attached hydrogen (secondary N) is 1. The van der Waals surface area contributed by atoms with Crippen molar-refractivity contribution < 1.29 is 28.4 Å². The van der Waals surface area contributed by atoms with Gasteiger partial charge in [0.25, 0.3) is 10.2 Å². The minimum absolute atomic E-state index is 0.0357. The summed E-state index contributed by atoms with van der Waals surface area (Å²) < 4.78 is 28.4. The molecule has 3 aliphatic heterocycles. The van der Waals surface area contributed by atoms with Crippen LogP contribution in [-0.4, -0.2) is 89.1 Å². The SMILES string of the molecule is N[C@@]1(C(=O)O)CN(S(=O)(=O)N2CC3NCCC32)C[C@@H]1CCCB(O)O. The zero-order valence-corrected chi connectivity index (χ0v) is 14.7. The molecule has 0 aromatic carbocycles. The lowest BCUT2D eigenvalue weighted by molar-refractivity contribution is -0.144. The third kappa shape index (κ3) is 3.32. The van der Waals surface area contributed by atoms with Gasteiger partial charge in [0.1, 0.15) is 5.54 Å². The van der Waals surface area contributed by atoms with Crippen LogP contribution in [0.3, 0.4) is 0 Å². The Morgan fingerprint density at radius 3 is 2.68 bits per heavy atom. The number of fused-ring (bicyclic) bond motifs is 1. The number of carbonyl (C=O) groups is 1. The van der Waals surface area contributed by atoms with Crippen LogP contribution in [0.15, 0.2) is 0 Å². The molecule has 10 nitrogen and oxygen atoms in total. The Balaban J connectivity index is 1.71. The summed E-state index contributed by atoms with van der Waals surface area (Å²) in [6, 6.07) is 0.118. The molecule has 0 saturated carbocycles. The van der Waals surface area contributed by atoms with Gasteiger partial charge in [0.15, 0.2) is 0 Å². The van der Waals surface area contributed by atoms with Crippen LogP contribution in [0.1, 0.15) is 19.3 Å². The highest BCUT2D eigenvalue weighted by molar-refractivity contribution is 7.86. The van der Waals surface area contributed by atoms with Crippen molar-refractivity contribution in [1.29, 1.82) is 0 Å². The highest BCUT2D eigenvalue weighted by Gasteiger charge is 2.56. The monoisotopic (exact) mass is 376 g/mol. The van der Waals surface area contributed by atoms with E-state index in [1.54, 1.807) is 0 Å². The van der Waals surface area contributed by atoms with Crippen LogP contribution in [0.4, 0.5) is 0 Å². The molecule has 6 N–H and O–H groups in total. The molecule has 0 radical (unpaired) electrons. The van der Waals surface area contributed by atoms with Crippen molar-refractivity contribution in [3.8, 4) is 0 Å². The zero-order chi connectivity index (χ0) is 18.4. The molecule has 3 saturated heterocycles. The van der Waals surface area contributed by atoms with Crippen molar-refractivity contribution in [3.05, 3.63) is 0 Å². The van der Waals surface area contributed by atoms with E-state index in [9.17, 15) is 18.3 Å². The molecule has 4 atom stereocenters. The van der Waals surface area contributed by atoms with Crippen LogP contribution < -0.4 is 11.1 Å². The molecular formula is C13H25BN4O6S. The second-order valence-corrected chi connectivity index (χ2v) is 9.12. The number of hydrogen-bond donors (Lipinski definition) is 5. The van der Waals surface area contributed by atoms with Crippen LogP contribution in [0.2, 0.25) is 6.32 Å². The topological polar surface area (TPSA) is 156 Å². The van der Waals surface area contributed by atoms with E-state index >= 15 is 0 Å². The Morgan fingerprint density at radius 1 is 1.36 bits per heavy atom. The number of nitrogens with two attached hydrogens (primary N) is 1. The molecule has 2 unspecified atom stereocenters. The maximum absolute atomic E-state index is 12.9. The summed E-state index contributed by atoms with van der Waals surface area (Å²) in [6.07, 6.45) is 1.53. The molecule has 142 valence electrons.